The Labute approximate surface area is 151 Å². The summed E-state index contributed by atoms with van der Waals surface area (Å²) in [6.07, 6.45) is 1.74. The number of nitrogens with one attached hydrogen (secondary N) is 2. The van der Waals surface area contributed by atoms with Crippen LogP contribution in [0.1, 0.15) is 24.3 Å². The molecular weight excluding hydrogens is 328 g/mol. The van der Waals surface area contributed by atoms with Gasteiger partial charge in [-0.3, -0.25) is 9.59 Å². The van der Waals surface area contributed by atoms with Crippen molar-refractivity contribution in [1.82, 2.24) is 9.78 Å². The van der Waals surface area contributed by atoms with Crippen LogP contribution >= 0.6 is 0 Å². The molecule has 0 aliphatic rings. The fourth-order valence-corrected chi connectivity index (χ4v) is 2.33. The highest BCUT2D eigenvalue weighted by atomic mass is 16.2. The second-order valence-electron chi connectivity index (χ2n) is 6.16. The molecule has 1 aromatic heterocycles. The molecule has 1 heterocycles. The zero-order valence-electron chi connectivity index (χ0n) is 14.6. The number of para-hydroxylation sites is 1. The second kappa shape index (κ2) is 7.65. The standard InChI is InChI=1S/C20H20N4O2/c1-14(2)19(25)21-15-7-6-8-16(13-15)22-20(26)18-11-12-24(23-18)17-9-4-3-5-10-17/h3-14H,1-2H3,(H,21,25)(H,22,26). The van der Waals surface area contributed by atoms with Crippen LogP contribution in [0.15, 0.2) is 66.9 Å². The summed E-state index contributed by atoms with van der Waals surface area (Å²) < 4.78 is 1.65. The van der Waals surface area contributed by atoms with E-state index >= 15 is 0 Å². The molecule has 0 unspecified atom stereocenters. The Morgan fingerprint density at radius 2 is 1.62 bits per heavy atom. The molecule has 2 amide bonds. The van der Waals surface area contributed by atoms with Crippen molar-refractivity contribution in [3.63, 3.8) is 0 Å². The third-order valence-corrected chi connectivity index (χ3v) is 3.75. The van der Waals surface area contributed by atoms with Gasteiger partial charge in [-0.1, -0.05) is 38.1 Å². The Balaban J connectivity index is 1.70. The van der Waals surface area contributed by atoms with Crippen LogP contribution in [0.2, 0.25) is 0 Å². The van der Waals surface area contributed by atoms with Crippen LogP contribution in [0.25, 0.3) is 5.69 Å². The van der Waals surface area contributed by atoms with Gasteiger partial charge < -0.3 is 10.6 Å². The van der Waals surface area contributed by atoms with E-state index < -0.39 is 0 Å². The topological polar surface area (TPSA) is 76.0 Å². The fourth-order valence-electron chi connectivity index (χ4n) is 2.33. The van der Waals surface area contributed by atoms with Gasteiger partial charge in [0.15, 0.2) is 5.69 Å². The van der Waals surface area contributed by atoms with E-state index in [1.165, 1.54) is 0 Å². The minimum absolute atomic E-state index is 0.0740. The maximum Gasteiger partial charge on any atom is 0.276 e. The number of anilines is 2. The van der Waals surface area contributed by atoms with Crippen molar-refractivity contribution in [2.45, 2.75) is 13.8 Å². The third-order valence-electron chi connectivity index (χ3n) is 3.75. The molecule has 2 N–H and O–H groups in total. The lowest BCUT2D eigenvalue weighted by Gasteiger charge is -2.09. The SMILES string of the molecule is CC(C)C(=O)Nc1cccc(NC(=O)c2ccn(-c3ccccc3)n2)c1. The Bertz CT molecular complexity index is 916. The number of hydrogen-bond donors (Lipinski definition) is 2. The first kappa shape index (κ1) is 17.4. The predicted octanol–water partition coefficient (Wildman–Crippen LogP) is 3.72. The quantitative estimate of drug-likeness (QED) is 0.738. The minimum Gasteiger partial charge on any atom is -0.326 e. The average Bonchev–Trinajstić information content (AvgIpc) is 3.13. The van der Waals surface area contributed by atoms with Crippen LogP contribution in [0.4, 0.5) is 11.4 Å². The molecule has 0 radical (unpaired) electrons. The van der Waals surface area contributed by atoms with Crippen molar-refractivity contribution in [2.75, 3.05) is 10.6 Å². The van der Waals surface area contributed by atoms with E-state index in [9.17, 15) is 9.59 Å². The van der Waals surface area contributed by atoms with Gasteiger partial charge >= 0.3 is 0 Å². The monoisotopic (exact) mass is 348 g/mol. The van der Waals surface area contributed by atoms with Gasteiger partial charge in [0, 0.05) is 23.5 Å². The van der Waals surface area contributed by atoms with Crippen molar-refractivity contribution >= 4 is 23.2 Å². The molecule has 6 heteroatoms. The van der Waals surface area contributed by atoms with Crippen molar-refractivity contribution in [2.24, 2.45) is 5.92 Å². The Morgan fingerprint density at radius 1 is 0.923 bits per heavy atom. The van der Waals surface area contributed by atoms with Crippen LogP contribution in [0, 0.1) is 5.92 Å². The molecular formula is C20H20N4O2. The summed E-state index contributed by atoms with van der Waals surface area (Å²) in [7, 11) is 0. The molecule has 2 aromatic carbocycles. The number of carbonyl (C=O) groups is 2. The van der Waals surface area contributed by atoms with Crippen molar-refractivity contribution in [3.8, 4) is 5.69 Å². The van der Waals surface area contributed by atoms with Gasteiger partial charge in [0.25, 0.3) is 5.91 Å². The summed E-state index contributed by atoms with van der Waals surface area (Å²) >= 11 is 0. The number of carbonyl (C=O) groups excluding carboxylic acids is 2. The Hall–Kier alpha value is -3.41. The van der Waals surface area contributed by atoms with Crippen molar-refractivity contribution in [3.05, 3.63) is 72.6 Å². The largest absolute Gasteiger partial charge is 0.326 e. The molecule has 6 nitrogen and oxygen atoms in total. The average molecular weight is 348 g/mol. The van der Waals surface area contributed by atoms with Gasteiger partial charge in [-0.05, 0) is 36.4 Å². The number of hydrogen-bond acceptors (Lipinski definition) is 3. The molecule has 0 spiro atoms. The Kier molecular flexibility index (Phi) is 5.12. The minimum atomic E-state index is -0.313. The third kappa shape index (κ3) is 4.16. The van der Waals surface area contributed by atoms with E-state index in [0.717, 1.165) is 5.69 Å². The van der Waals surface area contributed by atoms with Gasteiger partial charge in [-0.15, -0.1) is 0 Å². The zero-order chi connectivity index (χ0) is 18.5. The lowest BCUT2D eigenvalue weighted by Crippen LogP contribution is -2.18. The summed E-state index contributed by atoms with van der Waals surface area (Å²) in [5.41, 5.74) is 2.41. The molecule has 0 saturated heterocycles. The maximum atomic E-state index is 12.4. The van der Waals surface area contributed by atoms with Gasteiger partial charge in [-0.25, -0.2) is 4.68 Å². The summed E-state index contributed by atoms with van der Waals surface area (Å²) in [4.78, 5) is 24.2. The van der Waals surface area contributed by atoms with Crippen LogP contribution in [-0.4, -0.2) is 21.6 Å². The first-order valence-electron chi connectivity index (χ1n) is 8.36. The Morgan fingerprint density at radius 3 is 2.31 bits per heavy atom. The van der Waals surface area contributed by atoms with Gasteiger partial charge in [0.2, 0.25) is 5.91 Å². The number of nitrogens with zero attached hydrogens (tertiary/aromatic N) is 2. The molecule has 3 rings (SSSR count). The summed E-state index contributed by atoms with van der Waals surface area (Å²) in [5, 5.41) is 9.92. The van der Waals surface area contributed by atoms with E-state index in [1.807, 2.05) is 44.2 Å². The lowest BCUT2D eigenvalue weighted by atomic mass is 10.2. The number of amides is 2. The van der Waals surface area contributed by atoms with Gasteiger partial charge in [0.05, 0.1) is 5.69 Å². The summed E-state index contributed by atoms with van der Waals surface area (Å²) in [5.74, 6) is -0.503. The second-order valence-corrected chi connectivity index (χ2v) is 6.16. The fraction of sp³-hybridized carbons (Fsp3) is 0.150. The number of benzene rings is 2. The molecule has 3 aromatic rings. The van der Waals surface area contributed by atoms with Gasteiger partial charge in [0.1, 0.15) is 0 Å². The predicted molar refractivity (Wildman–Crippen MR) is 101 cm³/mol. The number of rotatable bonds is 5. The lowest BCUT2D eigenvalue weighted by molar-refractivity contribution is -0.118. The van der Waals surface area contributed by atoms with Crippen molar-refractivity contribution in [1.29, 1.82) is 0 Å². The van der Waals surface area contributed by atoms with Crippen LogP contribution in [0.3, 0.4) is 0 Å². The highest BCUT2D eigenvalue weighted by Gasteiger charge is 2.12. The molecule has 0 atom stereocenters. The molecule has 0 aliphatic heterocycles. The summed E-state index contributed by atoms with van der Waals surface area (Å²) in [6.45, 7) is 3.65. The van der Waals surface area contributed by atoms with Crippen LogP contribution < -0.4 is 10.6 Å². The molecule has 132 valence electrons. The molecule has 26 heavy (non-hydrogen) atoms. The smallest absolute Gasteiger partial charge is 0.276 e. The highest BCUT2D eigenvalue weighted by Crippen LogP contribution is 2.17. The van der Waals surface area contributed by atoms with E-state index in [2.05, 4.69) is 15.7 Å². The van der Waals surface area contributed by atoms with E-state index in [1.54, 1.807) is 41.2 Å². The van der Waals surface area contributed by atoms with Crippen LogP contribution in [-0.2, 0) is 4.79 Å². The molecule has 0 aliphatic carbocycles. The highest BCUT2D eigenvalue weighted by molar-refractivity contribution is 6.03. The summed E-state index contributed by atoms with van der Waals surface area (Å²) in [6, 6.07) is 18.3. The molecule has 0 saturated carbocycles. The normalized spacial score (nSPS) is 10.6. The zero-order valence-corrected chi connectivity index (χ0v) is 14.6. The molecule has 0 fully saturated rings. The first-order chi connectivity index (χ1) is 12.5. The van der Waals surface area contributed by atoms with E-state index in [0.29, 0.717) is 17.1 Å². The van der Waals surface area contributed by atoms with Crippen LogP contribution in [0.5, 0.6) is 0 Å². The maximum absolute atomic E-state index is 12.4. The van der Waals surface area contributed by atoms with Gasteiger partial charge in [-0.2, -0.15) is 5.10 Å². The van der Waals surface area contributed by atoms with Crippen molar-refractivity contribution < 1.29 is 9.59 Å². The van der Waals surface area contributed by atoms with E-state index in [4.69, 9.17) is 0 Å². The van der Waals surface area contributed by atoms with E-state index in [-0.39, 0.29) is 17.7 Å². The molecule has 0 bridgehead atoms. The first-order valence-corrected chi connectivity index (χ1v) is 8.36. The number of aromatic nitrogens is 2.